The summed E-state index contributed by atoms with van der Waals surface area (Å²) in [7, 11) is 0. The number of aliphatic hydroxyl groups is 1. The summed E-state index contributed by atoms with van der Waals surface area (Å²) in [6.07, 6.45) is 3.84. The number of hydrogen-bond donors (Lipinski definition) is 3. The molecule has 0 spiro atoms. The van der Waals surface area contributed by atoms with Crippen molar-refractivity contribution in [2.75, 3.05) is 18.6 Å². The number of thioether (sulfide) groups is 1. The van der Waals surface area contributed by atoms with E-state index in [1.807, 2.05) is 6.26 Å². The maximum atomic E-state index is 11.9. The minimum atomic E-state index is -0.952. The van der Waals surface area contributed by atoms with Crippen molar-refractivity contribution in [2.45, 2.75) is 31.8 Å². The summed E-state index contributed by atoms with van der Waals surface area (Å²) in [6, 6.07) is 0. The molecule has 1 aliphatic carbocycles. The van der Waals surface area contributed by atoms with Gasteiger partial charge in [0, 0.05) is 12.3 Å². The van der Waals surface area contributed by atoms with Gasteiger partial charge in [-0.2, -0.15) is 11.8 Å². The van der Waals surface area contributed by atoms with Crippen LogP contribution in [0.5, 0.6) is 0 Å². The lowest BCUT2D eigenvalue weighted by Crippen LogP contribution is -2.45. The van der Waals surface area contributed by atoms with Crippen LogP contribution in [-0.4, -0.2) is 46.2 Å². The number of carboxylic acid groups (broad SMARTS) is 1. The van der Waals surface area contributed by atoms with Crippen LogP contribution in [0.3, 0.4) is 0 Å². The van der Waals surface area contributed by atoms with Gasteiger partial charge in [-0.1, -0.05) is 6.42 Å². The first-order valence-electron chi connectivity index (χ1n) is 6.09. The fourth-order valence-electron chi connectivity index (χ4n) is 2.34. The molecule has 0 bridgehead atoms. The van der Waals surface area contributed by atoms with Crippen molar-refractivity contribution in [1.82, 2.24) is 5.32 Å². The SMILES string of the molecule is CSCC(C)(O)CNC(=O)C1CCCC1C(=O)O. The molecule has 5 nitrogen and oxygen atoms in total. The van der Waals surface area contributed by atoms with E-state index in [0.717, 1.165) is 6.42 Å². The predicted octanol–water partition coefficient (Wildman–Crippen LogP) is 0.717. The molecule has 18 heavy (non-hydrogen) atoms. The summed E-state index contributed by atoms with van der Waals surface area (Å²) >= 11 is 1.50. The van der Waals surface area contributed by atoms with Gasteiger partial charge in [-0.05, 0) is 26.0 Å². The maximum Gasteiger partial charge on any atom is 0.307 e. The van der Waals surface area contributed by atoms with Gasteiger partial charge < -0.3 is 15.5 Å². The highest BCUT2D eigenvalue weighted by atomic mass is 32.2. The van der Waals surface area contributed by atoms with E-state index >= 15 is 0 Å². The van der Waals surface area contributed by atoms with Crippen LogP contribution in [0.25, 0.3) is 0 Å². The Morgan fingerprint density at radius 3 is 2.56 bits per heavy atom. The van der Waals surface area contributed by atoms with Crippen LogP contribution in [0.15, 0.2) is 0 Å². The minimum Gasteiger partial charge on any atom is -0.481 e. The van der Waals surface area contributed by atoms with E-state index in [0.29, 0.717) is 18.6 Å². The third-order valence-corrected chi connectivity index (χ3v) is 4.18. The fourth-order valence-corrected chi connectivity index (χ4v) is 3.06. The molecule has 0 radical (unpaired) electrons. The molecule has 1 fully saturated rings. The Labute approximate surface area is 111 Å². The molecule has 0 aromatic heterocycles. The summed E-state index contributed by atoms with van der Waals surface area (Å²) in [5.74, 6) is -1.65. The second kappa shape index (κ2) is 6.43. The Balaban J connectivity index is 2.48. The van der Waals surface area contributed by atoms with Crippen molar-refractivity contribution in [1.29, 1.82) is 0 Å². The van der Waals surface area contributed by atoms with Crippen LogP contribution in [0, 0.1) is 11.8 Å². The second-order valence-electron chi connectivity index (χ2n) is 5.13. The van der Waals surface area contributed by atoms with Crippen LogP contribution >= 0.6 is 11.8 Å². The molecule has 0 aromatic rings. The molecule has 0 heterocycles. The molecule has 1 aliphatic rings. The first-order chi connectivity index (χ1) is 8.37. The predicted molar refractivity (Wildman–Crippen MR) is 70.5 cm³/mol. The molecule has 6 heteroatoms. The molecule has 3 N–H and O–H groups in total. The van der Waals surface area contributed by atoms with Gasteiger partial charge in [0.2, 0.25) is 5.91 Å². The largest absolute Gasteiger partial charge is 0.481 e. The molecule has 0 aromatic carbocycles. The first kappa shape index (κ1) is 15.3. The smallest absolute Gasteiger partial charge is 0.307 e. The molecule has 104 valence electrons. The highest BCUT2D eigenvalue weighted by Crippen LogP contribution is 2.32. The highest BCUT2D eigenvalue weighted by Gasteiger charge is 2.38. The van der Waals surface area contributed by atoms with E-state index in [2.05, 4.69) is 5.32 Å². The minimum absolute atomic E-state index is 0.162. The molecule has 1 amide bonds. The summed E-state index contributed by atoms with van der Waals surface area (Å²) in [6.45, 7) is 1.82. The van der Waals surface area contributed by atoms with Gasteiger partial charge >= 0.3 is 5.97 Å². The second-order valence-corrected chi connectivity index (χ2v) is 6.00. The Kier molecular flexibility index (Phi) is 5.47. The van der Waals surface area contributed by atoms with Crippen molar-refractivity contribution in [3.05, 3.63) is 0 Å². The lowest BCUT2D eigenvalue weighted by Gasteiger charge is -2.24. The third-order valence-electron chi connectivity index (χ3n) is 3.27. The van der Waals surface area contributed by atoms with Gasteiger partial charge in [0.25, 0.3) is 0 Å². The standard InChI is InChI=1S/C12H21NO4S/c1-12(17,7-18-2)6-13-10(14)8-4-3-5-9(8)11(15)16/h8-9,17H,3-7H2,1-2H3,(H,13,14)(H,15,16). The van der Waals surface area contributed by atoms with Crippen molar-refractivity contribution >= 4 is 23.6 Å². The summed E-state index contributed by atoms with van der Waals surface area (Å²) in [4.78, 5) is 22.9. The third kappa shape index (κ3) is 4.17. The van der Waals surface area contributed by atoms with Crippen LogP contribution in [0.4, 0.5) is 0 Å². The Morgan fingerprint density at radius 2 is 2.00 bits per heavy atom. The quantitative estimate of drug-likeness (QED) is 0.665. The van der Waals surface area contributed by atoms with E-state index in [9.17, 15) is 14.7 Å². The fraction of sp³-hybridized carbons (Fsp3) is 0.833. The molecule has 3 unspecified atom stereocenters. The molecule has 3 atom stereocenters. The van der Waals surface area contributed by atoms with Gasteiger partial charge in [-0.25, -0.2) is 0 Å². The van der Waals surface area contributed by atoms with Gasteiger partial charge in [-0.15, -0.1) is 0 Å². The zero-order valence-corrected chi connectivity index (χ0v) is 11.6. The molecular weight excluding hydrogens is 254 g/mol. The monoisotopic (exact) mass is 275 g/mol. The lowest BCUT2D eigenvalue weighted by molar-refractivity contribution is -0.146. The van der Waals surface area contributed by atoms with Crippen LogP contribution in [0.2, 0.25) is 0 Å². The summed E-state index contributed by atoms with van der Waals surface area (Å²) in [5.41, 5.74) is -0.952. The van der Waals surface area contributed by atoms with E-state index in [1.54, 1.807) is 6.92 Å². The van der Waals surface area contributed by atoms with E-state index in [-0.39, 0.29) is 12.5 Å². The summed E-state index contributed by atoms with van der Waals surface area (Å²) in [5, 5.41) is 21.6. The number of hydrogen-bond acceptors (Lipinski definition) is 4. The lowest BCUT2D eigenvalue weighted by atomic mass is 9.95. The van der Waals surface area contributed by atoms with E-state index in [1.165, 1.54) is 11.8 Å². The van der Waals surface area contributed by atoms with E-state index < -0.39 is 23.4 Å². The zero-order chi connectivity index (χ0) is 13.8. The van der Waals surface area contributed by atoms with Crippen molar-refractivity contribution in [3.8, 4) is 0 Å². The zero-order valence-electron chi connectivity index (χ0n) is 10.8. The first-order valence-corrected chi connectivity index (χ1v) is 7.48. The number of nitrogens with one attached hydrogen (secondary N) is 1. The Bertz CT molecular complexity index is 319. The number of rotatable bonds is 6. The maximum absolute atomic E-state index is 11.9. The normalized spacial score (nSPS) is 26.6. The molecule has 0 aliphatic heterocycles. The number of amides is 1. The van der Waals surface area contributed by atoms with Crippen LogP contribution in [0.1, 0.15) is 26.2 Å². The number of aliphatic carboxylic acids is 1. The van der Waals surface area contributed by atoms with Crippen molar-refractivity contribution in [2.24, 2.45) is 11.8 Å². The summed E-state index contributed by atoms with van der Waals surface area (Å²) < 4.78 is 0. The van der Waals surface area contributed by atoms with Crippen LogP contribution < -0.4 is 5.32 Å². The van der Waals surface area contributed by atoms with Gasteiger partial charge in [-0.3, -0.25) is 9.59 Å². The molecule has 1 saturated carbocycles. The number of carboxylic acids is 1. The molecular formula is C12H21NO4S. The van der Waals surface area contributed by atoms with Crippen molar-refractivity contribution in [3.63, 3.8) is 0 Å². The highest BCUT2D eigenvalue weighted by molar-refractivity contribution is 7.98. The number of carbonyl (C=O) groups excluding carboxylic acids is 1. The molecule has 1 rings (SSSR count). The van der Waals surface area contributed by atoms with Gasteiger partial charge in [0.05, 0.1) is 17.4 Å². The average molecular weight is 275 g/mol. The average Bonchev–Trinajstić information content (AvgIpc) is 2.74. The molecule has 0 saturated heterocycles. The topological polar surface area (TPSA) is 86.6 Å². The number of carbonyl (C=O) groups is 2. The van der Waals surface area contributed by atoms with Gasteiger partial charge in [0.15, 0.2) is 0 Å². The van der Waals surface area contributed by atoms with E-state index in [4.69, 9.17) is 5.11 Å². The van der Waals surface area contributed by atoms with Crippen LogP contribution in [-0.2, 0) is 9.59 Å². The Hall–Kier alpha value is -0.750. The van der Waals surface area contributed by atoms with Crippen molar-refractivity contribution < 1.29 is 19.8 Å². The Morgan fingerprint density at radius 1 is 1.39 bits per heavy atom. The van der Waals surface area contributed by atoms with Gasteiger partial charge in [0.1, 0.15) is 0 Å².